The van der Waals surface area contributed by atoms with Crippen molar-refractivity contribution in [2.75, 3.05) is 19.6 Å². The maximum Gasteiger partial charge on any atom is 0.137 e. The Labute approximate surface area is 156 Å². The van der Waals surface area contributed by atoms with E-state index in [1.54, 1.807) is 0 Å². The zero-order chi connectivity index (χ0) is 17.8. The molecule has 1 aliphatic heterocycles. The standard InChI is InChI=1S/C23H27N3/c1-19-12-16-26-18-22(24-23(26)17-19)21-10-8-20(9-11-21)7-3-6-15-25-13-4-2-5-14-25/h3,7-12,16-18H,2,4-6,13-15H2,1H3. The fourth-order valence-corrected chi connectivity index (χ4v) is 3.65. The van der Waals surface area contributed by atoms with Crippen molar-refractivity contribution in [1.82, 2.24) is 14.3 Å². The highest BCUT2D eigenvalue weighted by Crippen LogP contribution is 2.20. The fraction of sp³-hybridized carbons (Fsp3) is 0.348. The van der Waals surface area contributed by atoms with Gasteiger partial charge in [-0.15, -0.1) is 0 Å². The SMILES string of the molecule is Cc1ccn2cc(-c3ccc(C=CCCN4CCCCC4)cc3)nc2c1. The lowest BCUT2D eigenvalue weighted by molar-refractivity contribution is 0.233. The Balaban J connectivity index is 1.38. The van der Waals surface area contributed by atoms with Gasteiger partial charge in [0, 0.05) is 24.5 Å². The number of piperidine rings is 1. The minimum absolute atomic E-state index is 1.00. The number of imidazole rings is 1. The first-order valence-corrected chi connectivity index (χ1v) is 9.73. The Bertz CT molecular complexity index is 883. The van der Waals surface area contributed by atoms with Crippen LogP contribution in [0.25, 0.3) is 23.0 Å². The van der Waals surface area contributed by atoms with Crippen molar-refractivity contribution in [1.29, 1.82) is 0 Å². The minimum atomic E-state index is 1.00. The molecule has 0 radical (unpaired) electrons. The monoisotopic (exact) mass is 345 g/mol. The van der Waals surface area contributed by atoms with Gasteiger partial charge in [0.15, 0.2) is 0 Å². The number of hydrogen-bond donors (Lipinski definition) is 0. The first-order valence-electron chi connectivity index (χ1n) is 9.73. The van der Waals surface area contributed by atoms with Crippen LogP contribution >= 0.6 is 0 Å². The second kappa shape index (κ2) is 7.88. The molecule has 0 amide bonds. The van der Waals surface area contributed by atoms with E-state index in [0.717, 1.165) is 23.3 Å². The van der Waals surface area contributed by atoms with Gasteiger partial charge in [-0.05, 0) is 62.5 Å². The van der Waals surface area contributed by atoms with Crippen LogP contribution in [0.15, 0.2) is 54.9 Å². The van der Waals surface area contributed by atoms with Crippen LogP contribution in [0.2, 0.25) is 0 Å². The lowest BCUT2D eigenvalue weighted by Crippen LogP contribution is -2.30. The summed E-state index contributed by atoms with van der Waals surface area (Å²) in [4.78, 5) is 7.33. The molecule has 0 atom stereocenters. The van der Waals surface area contributed by atoms with Crippen molar-refractivity contribution in [2.45, 2.75) is 32.6 Å². The Kier molecular flexibility index (Phi) is 5.16. The van der Waals surface area contributed by atoms with Crippen LogP contribution in [0.5, 0.6) is 0 Å². The largest absolute Gasteiger partial charge is 0.306 e. The second-order valence-corrected chi connectivity index (χ2v) is 7.31. The van der Waals surface area contributed by atoms with E-state index in [2.05, 4.69) is 77.2 Å². The number of likely N-dealkylation sites (tertiary alicyclic amines) is 1. The van der Waals surface area contributed by atoms with Crippen molar-refractivity contribution in [3.63, 3.8) is 0 Å². The highest BCUT2D eigenvalue weighted by molar-refractivity contribution is 5.65. The molecule has 26 heavy (non-hydrogen) atoms. The van der Waals surface area contributed by atoms with Crippen LogP contribution in [0.4, 0.5) is 0 Å². The molecule has 2 aromatic heterocycles. The van der Waals surface area contributed by atoms with Crippen molar-refractivity contribution in [2.24, 2.45) is 0 Å². The number of aromatic nitrogens is 2. The van der Waals surface area contributed by atoms with E-state index in [1.807, 2.05) is 0 Å². The topological polar surface area (TPSA) is 20.5 Å². The van der Waals surface area contributed by atoms with Crippen molar-refractivity contribution >= 4 is 11.7 Å². The molecule has 1 fully saturated rings. The summed E-state index contributed by atoms with van der Waals surface area (Å²) in [6, 6.07) is 12.9. The Morgan fingerprint density at radius 3 is 2.65 bits per heavy atom. The van der Waals surface area contributed by atoms with Gasteiger partial charge in [0.05, 0.1) is 5.69 Å². The lowest BCUT2D eigenvalue weighted by Gasteiger charge is -2.25. The predicted molar refractivity (Wildman–Crippen MR) is 109 cm³/mol. The molecule has 3 heteroatoms. The van der Waals surface area contributed by atoms with E-state index in [-0.39, 0.29) is 0 Å². The number of hydrogen-bond acceptors (Lipinski definition) is 2. The molecule has 3 aromatic rings. The predicted octanol–water partition coefficient (Wildman–Crippen LogP) is 5.20. The minimum Gasteiger partial charge on any atom is -0.306 e. The highest BCUT2D eigenvalue weighted by atomic mass is 15.1. The third kappa shape index (κ3) is 4.05. The van der Waals surface area contributed by atoms with E-state index in [1.165, 1.54) is 50.0 Å². The van der Waals surface area contributed by atoms with Crippen LogP contribution < -0.4 is 0 Å². The van der Waals surface area contributed by atoms with Gasteiger partial charge in [-0.3, -0.25) is 0 Å². The van der Waals surface area contributed by atoms with Gasteiger partial charge < -0.3 is 9.30 Å². The van der Waals surface area contributed by atoms with Gasteiger partial charge in [0.25, 0.3) is 0 Å². The van der Waals surface area contributed by atoms with Gasteiger partial charge in [0.1, 0.15) is 5.65 Å². The van der Waals surface area contributed by atoms with E-state index in [4.69, 9.17) is 4.98 Å². The zero-order valence-corrected chi connectivity index (χ0v) is 15.6. The van der Waals surface area contributed by atoms with Gasteiger partial charge in [0.2, 0.25) is 0 Å². The van der Waals surface area contributed by atoms with Crippen molar-refractivity contribution in [3.05, 3.63) is 66.0 Å². The molecule has 3 nitrogen and oxygen atoms in total. The maximum atomic E-state index is 4.74. The molecular weight excluding hydrogens is 318 g/mol. The average molecular weight is 345 g/mol. The van der Waals surface area contributed by atoms with E-state index < -0.39 is 0 Å². The molecule has 1 aliphatic rings. The Morgan fingerprint density at radius 2 is 1.85 bits per heavy atom. The van der Waals surface area contributed by atoms with Crippen LogP contribution in [0.3, 0.4) is 0 Å². The highest BCUT2D eigenvalue weighted by Gasteiger charge is 2.08. The molecule has 3 heterocycles. The van der Waals surface area contributed by atoms with Gasteiger partial charge in [-0.2, -0.15) is 0 Å². The van der Waals surface area contributed by atoms with Crippen LogP contribution in [0, 0.1) is 6.92 Å². The average Bonchev–Trinajstić information content (AvgIpc) is 3.10. The van der Waals surface area contributed by atoms with Gasteiger partial charge in [-0.1, -0.05) is 42.8 Å². The molecule has 4 rings (SSSR count). The molecule has 0 unspecified atom stereocenters. The molecule has 0 spiro atoms. The van der Waals surface area contributed by atoms with Crippen molar-refractivity contribution < 1.29 is 0 Å². The van der Waals surface area contributed by atoms with E-state index in [0.29, 0.717) is 0 Å². The second-order valence-electron chi connectivity index (χ2n) is 7.31. The summed E-state index contributed by atoms with van der Waals surface area (Å²) in [5.41, 5.74) is 5.68. The Hall–Kier alpha value is -2.39. The summed E-state index contributed by atoms with van der Waals surface area (Å²) in [6.07, 6.45) is 14.0. The van der Waals surface area contributed by atoms with Crippen LogP contribution in [-0.4, -0.2) is 33.9 Å². The van der Waals surface area contributed by atoms with E-state index in [9.17, 15) is 0 Å². The van der Waals surface area contributed by atoms with Crippen LogP contribution in [-0.2, 0) is 0 Å². The first-order chi connectivity index (χ1) is 12.8. The third-order valence-electron chi connectivity index (χ3n) is 5.19. The molecule has 1 aromatic carbocycles. The van der Waals surface area contributed by atoms with Crippen molar-refractivity contribution in [3.8, 4) is 11.3 Å². The molecule has 0 saturated carbocycles. The normalized spacial score (nSPS) is 15.9. The summed E-state index contributed by atoms with van der Waals surface area (Å²) in [5, 5.41) is 0. The lowest BCUT2D eigenvalue weighted by atomic mass is 10.1. The molecule has 0 aliphatic carbocycles. The number of benzene rings is 1. The van der Waals surface area contributed by atoms with Gasteiger partial charge >= 0.3 is 0 Å². The molecule has 1 saturated heterocycles. The zero-order valence-electron chi connectivity index (χ0n) is 15.6. The number of rotatable bonds is 5. The first kappa shape index (κ1) is 17.0. The molecular formula is C23H27N3. The summed E-state index contributed by atoms with van der Waals surface area (Å²) >= 11 is 0. The summed E-state index contributed by atoms with van der Waals surface area (Å²) in [6.45, 7) is 5.85. The number of aryl methyl sites for hydroxylation is 1. The number of pyridine rings is 1. The maximum absolute atomic E-state index is 4.74. The van der Waals surface area contributed by atoms with Gasteiger partial charge in [-0.25, -0.2) is 4.98 Å². The summed E-state index contributed by atoms with van der Waals surface area (Å²) in [5.74, 6) is 0. The quantitative estimate of drug-likeness (QED) is 0.633. The molecule has 0 bridgehead atoms. The van der Waals surface area contributed by atoms with Crippen LogP contribution in [0.1, 0.15) is 36.8 Å². The third-order valence-corrected chi connectivity index (χ3v) is 5.19. The Morgan fingerprint density at radius 1 is 1.04 bits per heavy atom. The summed E-state index contributed by atoms with van der Waals surface area (Å²) in [7, 11) is 0. The number of nitrogens with zero attached hydrogens (tertiary/aromatic N) is 3. The smallest absolute Gasteiger partial charge is 0.137 e. The molecule has 134 valence electrons. The fourth-order valence-electron chi connectivity index (χ4n) is 3.65. The molecule has 0 N–H and O–H groups in total. The summed E-state index contributed by atoms with van der Waals surface area (Å²) < 4.78 is 2.08. The number of fused-ring (bicyclic) bond motifs is 1. The van der Waals surface area contributed by atoms with E-state index >= 15 is 0 Å².